The van der Waals surface area contributed by atoms with Crippen molar-refractivity contribution in [3.8, 4) is 45.5 Å². The van der Waals surface area contributed by atoms with E-state index in [1.807, 2.05) is 18.2 Å². The molecule has 0 bridgehead atoms. The minimum atomic E-state index is 0.574. The summed E-state index contributed by atoms with van der Waals surface area (Å²) in [7, 11) is 0. The lowest BCUT2D eigenvalue weighted by Crippen LogP contribution is -2.07. The standard InChI is InChI=1S/C51H31N5S/c1-3-14-32(15-4-1)33-26-28-35(29-27-33)55-42-22-10-7-18-36(42)38-30-31-39-37-19-8-11-23-43(37)56(48(39)47(38)55)51-53-49(34-16-5-2-6-17-34)52-50(54-51)41-21-13-25-45-46(41)40-20-9-12-24-44(40)57-45/h1-31H. The van der Waals surface area contributed by atoms with Crippen molar-refractivity contribution in [2.45, 2.75) is 0 Å². The average Bonchev–Trinajstić information content (AvgIpc) is 3.95. The van der Waals surface area contributed by atoms with Crippen LogP contribution in [-0.4, -0.2) is 24.1 Å². The topological polar surface area (TPSA) is 48.5 Å². The predicted octanol–water partition coefficient (Wildman–Crippen LogP) is 13.4. The Labute approximate surface area is 331 Å². The summed E-state index contributed by atoms with van der Waals surface area (Å²) < 4.78 is 7.13. The van der Waals surface area contributed by atoms with E-state index in [4.69, 9.17) is 15.0 Å². The lowest BCUT2D eigenvalue weighted by atomic mass is 10.1. The molecule has 0 atom stereocenters. The van der Waals surface area contributed by atoms with E-state index in [1.54, 1.807) is 11.3 Å². The summed E-state index contributed by atoms with van der Waals surface area (Å²) in [5.41, 5.74) is 9.71. The van der Waals surface area contributed by atoms with Gasteiger partial charge in [0.05, 0.1) is 22.1 Å². The van der Waals surface area contributed by atoms with Crippen LogP contribution in [-0.2, 0) is 0 Å². The van der Waals surface area contributed by atoms with Crippen molar-refractivity contribution >= 4 is 75.1 Å². The monoisotopic (exact) mass is 745 g/mol. The van der Waals surface area contributed by atoms with Gasteiger partial charge >= 0.3 is 0 Å². The number of hydrogen-bond acceptors (Lipinski definition) is 4. The maximum Gasteiger partial charge on any atom is 0.238 e. The van der Waals surface area contributed by atoms with Crippen LogP contribution in [0, 0.1) is 0 Å². The summed E-state index contributed by atoms with van der Waals surface area (Å²) in [4.78, 5) is 16.0. The van der Waals surface area contributed by atoms with Crippen molar-refractivity contribution in [2.75, 3.05) is 0 Å². The first-order valence-corrected chi connectivity index (χ1v) is 19.9. The van der Waals surface area contributed by atoms with E-state index in [0.717, 1.165) is 55.0 Å². The number of nitrogens with zero attached hydrogens (tertiary/aromatic N) is 5. The van der Waals surface area contributed by atoms with Crippen LogP contribution in [0.5, 0.6) is 0 Å². The third-order valence-electron chi connectivity index (χ3n) is 11.2. The Kier molecular flexibility index (Phi) is 7.03. The molecule has 266 valence electrons. The highest BCUT2D eigenvalue weighted by Crippen LogP contribution is 2.43. The van der Waals surface area contributed by atoms with Crippen LogP contribution in [0.2, 0.25) is 0 Å². The largest absolute Gasteiger partial charge is 0.307 e. The number of aromatic nitrogens is 5. The normalized spacial score (nSPS) is 11.9. The molecule has 0 spiro atoms. The molecule has 0 aliphatic carbocycles. The molecule has 0 saturated carbocycles. The molecule has 0 N–H and O–H groups in total. The van der Waals surface area contributed by atoms with Gasteiger partial charge in [-0.1, -0.05) is 152 Å². The van der Waals surface area contributed by atoms with Gasteiger partial charge in [-0.3, -0.25) is 4.57 Å². The van der Waals surface area contributed by atoms with Crippen molar-refractivity contribution in [2.24, 2.45) is 0 Å². The highest BCUT2D eigenvalue weighted by Gasteiger charge is 2.24. The second-order valence-electron chi connectivity index (χ2n) is 14.4. The van der Waals surface area contributed by atoms with Crippen LogP contribution in [0.1, 0.15) is 0 Å². The number of rotatable bonds is 5. The van der Waals surface area contributed by atoms with E-state index in [2.05, 4.69) is 179 Å². The van der Waals surface area contributed by atoms with Gasteiger partial charge in [-0.25, -0.2) is 4.98 Å². The number of para-hydroxylation sites is 2. The van der Waals surface area contributed by atoms with E-state index in [0.29, 0.717) is 17.6 Å². The average molecular weight is 746 g/mol. The fourth-order valence-electron chi connectivity index (χ4n) is 8.67. The van der Waals surface area contributed by atoms with Crippen molar-refractivity contribution in [3.63, 3.8) is 0 Å². The summed E-state index contributed by atoms with van der Waals surface area (Å²) in [5, 5.41) is 7.00. The lowest BCUT2D eigenvalue weighted by Gasteiger charge is -2.14. The van der Waals surface area contributed by atoms with Crippen molar-refractivity contribution in [1.29, 1.82) is 0 Å². The minimum Gasteiger partial charge on any atom is -0.307 e. The molecule has 0 aliphatic rings. The smallest absolute Gasteiger partial charge is 0.238 e. The van der Waals surface area contributed by atoms with Crippen LogP contribution in [0.25, 0.3) is 109 Å². The number of thiophene rings is 1. The fraction of sp³-hybridized carbons (Fsp3) is 0. The van der Waals surface area contributed by atoms with Crippen molar-refractivity contribution in [3.05, 3.63) is 188 Å². The Morgan fingerprint density at radius 3 is 1.61 bits per heavy atom. The van der Waals surface area contributed by atoms with Gasteiger partial charge in [0.1, 0.15) is 0 Å². The Balaban J connectivity index is 1.20. The Morgan fingerprint density at radius 2 is 0.895 bits per heavy atom. The van der Waals surface area contributed by atoms with E-state index >= 15 is 0 Å². The highest BCUT2D eigenvalue weighted by atomic mass is 32.1. The predicted molar refractivity (Wildman–Crippen MR) is 238 cm³/mol. The van der Waals surface area contributed by atoms with Gasteiger partial charge in [0, 0.05) is 58.5 Å². The minimum absolute atomic E-state index is 0.574. The van der Waals surface area contributed by atoms with E-state index in [1.165, 1.54) is 36.7 Å². The highest BCUT2D eigenvalue weighted by molar-refractivity contribution is 7.25. The molecule has 57 heavy (non-hydrogen) atoms. The van der Waals surface area contributed by atoms with Gasteiger partial charge in [-0.05, 0) is 47.5 Å². The molecule has 8 aromatic carbocycles. The van der Waals surface area contributed by atoms with Gasteiger partial charge in [-0.2, -0.15) is 9.97 Å². The molecule has 4 heterocycles. The first-order chi connectivity index (χ1) is 28.3. The van der Waals surface area contributed by atoms with E-state index in [-0.39, 0.29) is 0 Å². The number of benzene rings is 8. The Morgan fingerprint density at radius 1 is 0.351 bits per heavy atom. The summed E-state index contributed by atoms with van der Waals surface area (Å²) in [6, 6.07) is 66.6. The Hall–Kier alpha value is -7.41. The molecule has 4 aromatic heterocycles. The third kappa shape index (κ3) is 4.91. The summed E-state index contributed by atoms with van der Waals surface area (Å²) >= 11 is 1.80. The summed E-state index contributed by atoms with van der Waals surface area (Å²) in [5.74, 6) is 1.84. The third-order valence-corrected chi connectivity index (χ3v) is 12.3. The van der Waals surface area contributed by atoms with Gasteiger partial charge in [-0.15, -0.1) is 11.3 Å². The van der Waals surface area contributed by atoms with Crippen molar-refractivity contribution < 1.29 is 0 Å². The van der Waals surface area contributed by atoms with Crippen LogP contribution in [0.15, 0.2) is 188 Å². The molecule has 0 amide bonds. The molecule has 0 fully saturated rings. The molecule has 12 rings (SSSR count). The van der Waals surface area contributed by atoms with Crippen LogP contribution >= 0.6 is 11.3 Å². The zero-order valence-electron chi connectivity index (χ0n) is 30.5. The molecular weight excluding hydrogens is 715 g/mol. The van der Waals surface area contributed by atoms with Gasteiger partial charge in [0.15, 0.2) is 11.6 Å². The van der Waals surface area contributed by atoms with E-state index < -0.39 is 0 Å². The zero-order valence-corrected chi connectivity index (χ0v) is 31.4. The number of fused-ring (bicyclic) bond motifs is 10. The lowest BCUT2D eigenvalue weighted by molar-refractivity contribution is 0.954. The van der Waals surface area contributed by atoms with Crippen LogP contribution < -0.4 is 0 Å². The summed E-state index contributed by atoms with van der Waals surface area (Å²) in [6.07, 6.45) is 0. The first-order valence-electron chi connectivity index (χ1n) is 19.1. The second-order valence-corrected chi connectivity index (χ2v) is 15.5. The molecule has 6 heteroatoms. The maximum atomic E-state index is 5.45. The summed E-state index contributed by atoms with van der Waals surface area (Å²) in [6.45, 7) is 0. The SMILES string of the molecule is c1ccc(-c2ccc(-n3c4ccccc4c4ccc5c6ccccc6n(-c6nc(-c7ccccc7)nc(-c7cccc8sc9ccccc9c78)n6)c5c43)cc2)cc1. The molecule has 0 aliphatic heterocycles. The fourth-order valence-corrected chi connectivity index (χ4v) is 9.80. The van der Waals surface area contributed by atoms with E-state index in [9.17, 15) is 0 Å². The molecule has 0 unspecified atom stereocenters. The maximum absolute atomic E-state index is 5.45. The molecule has 12 aromatic rings. The zero-order chi connectivity index (χ0) is 37.5. The van der Waals surface area contributed by atoms with Gasteiger partial charge in [0.25, 0.3) is 0 Å². The van der Waals surface area contributed by atoms with Crippen LogP contribution in [0.4, 0.5) is 0 Å². The molecule has 0 saturated heterocycles. The quantitative estimate of drug-likeness (QED) is 0.176. The van der Waals surface area contributed by atoms with Gasteiger partial charge in [0.2, 0.25) is 5.95 Å². The van der Waals surface area contributed by atoms with Crippen LogP contribution in [0.3, 0.4) is 0 Å². The van der Waals surface area contributed by atoms with Crippen molar-refractivity contribution in [1.82, 2.24) is 24.1 Å². The first kappa shape index (κ1) is 31.9. The second kappa shape index (κ2) is 12.6. The van der Waals surface area contributed by atoms with Gasteiger partial charge < -0.3 is 4.57 Å². The number of hydrogen-bond donors (Lipinski definition) is 0. The Bertz CT molecular complexity index is 3510. The molecular formula is C51H31N5S. The molecule has 5 nitrogen and oxygen atoms in total. The molecule has 0 radical (unpaired) electrons.